The average Bonchev–Trinajstić information content (AvgIpc) is 3.31. The van der Waals surface area contributed by atoms with Crippen molar-refractivity contribution in [1.82, 2.24) is 9.55 Å². The average molecular weight is 510 g/mol. The smallest absolute Gasteiger partial charge is 0.234 e. The van der Waals surface area contributed by atoms with Crippen molar-refractivity contribution >= 4 is 35.0 Å². The molecule has 0 aliphatic heterocycles. The van der Waals surface area contributed by atoms with Gasteiger partial charge in [-0.05, 0) is 36.8 Å². The Morgan fingerprint density at radius 1 is 0.861 bits per heavy atom. The molecule has 0 fully saturated rings. The number of anilines is 1. The number of carbonyl (C=O) groups is 1. The summed E-state index contributed by atoms with van der Waals surface area (Å²) in [6.07, 6.45) is 0. The van der Waals surface area contributed by atoms with E-state index in [0.717, 1.165) is 38.9 Å². The Labute approximate surface area is 220 Å². The first-order chi connectivity index (χ1) is 17.6. The van der Waals surface area contributed by atoms with E-state index in [2.05, 4.69) is 46.3 Å². The van der Waals surface area contributed by atoms with Gasteiger partial charge < -0.3 is 5.32 Å². The molecule has 4 nitrogen and oxygen atoms in total. The van der Waals surface area contributed by atoms with E-state index >= 15 is 0 Å². The summed E-state index contributed by atoms with van der Waals surface area (Å²) in [5.74, 6) is 0.0858. The van der Waals surface area contributed by atoms with Gasteiger partial charge in [0.15, 0.2) is 5.16 Å². The first-order valence-corrected chi connectivity index (χ1v) is 12.9. The van der Waals surface area contributed by atoms with E-state index < -0.39 is 0 Å². The Morgan fingerprint density at radius 3 is 2.11 bits per heavy atom. The van der Waals surface area contributed by atoms with Gasteiger partial charge in [-0.1, -0.05) is 108 Å². The molecular formula is C30H24ClN3OS. The minimum absolute atomic E-state index is 0.120. The number of nitrogens with one attached hydrogen (secondary N) is 1. The predicted octanol–water partition coefficient (Wildman–Crippen LogP) is 7.90. The Hall–Kier alpha value is -3.80. The van der Waals surface area contributed by atoms with Crippen LogP contribution in [0.1, 0.15) is 5.56 Å². The van der Waals surface area contributed by atoms with Crippen molar-refractivity contribution in [3.8, 4) is 28.2 Å². The Bertz CT molecular complexity index is 1490. The summed E-state index contributed by atoms with van der Waals surface area (Å²) in [6.45, 7) is 1.93. The van der Waals surface area contributed by atoms with Crippen molar-refractivity contribution in [2.24, 2.45) is 0 Å². The van der Waals surface area contributed by atoms with Crippen molar-refractivity contribution in [3.05, 3.63) is 120 Å². The highest BCUT2D eigenvalue weighted by molar-refractivity contribution is 7.99. The Morgan fingerprint density at radius 2 is 1.47 bits per heavy atom. The first-order valence-electron chi connectivity index (χ1n) is 11.6. The van der Waals surface area contributed by atoms with Crippen LogP contribution in [0.2, 0.25) is 5.02 Å². The van der Waals surface area contributed by atoms with Crippen molar-refractivity contribution in [2.45, 2.75) is 12.1 Å². The van der Waals surface area contributed by atoms with Crippen LogP contribution in [0.4, 0.5) is 5.69 Å². The molecular weight excluding hydrogens is 486 g/mol. The topological polar surface area (TPSA) is 46.9 Å². The maximum Gasteiger partial charge on any atom is 0.234 e. The highest BCUT2D eigenvalue weighted by atomic mass is 35.5. The predicted molar refractivity (Wildman–Crippen MR) is 150 cm³/mol. The van der Waals surface area contributed by atoms with Crippen LogP contribution in [0, 0.1) is 6.92 Å². The zero-order valence-electron chi connectivity index (χ0n) is 19.7. The summed E-state index contributed by atoms with van der Waals surface area (Å²) >= 11 is 7.63. The first kappa shape index (κ1) is 23.9. The van der Waals surface area contributed by atoms with Crippen LogP contribution in [0.5, 0.6) is 0 Å². The Balaban J connectivity index is 1.54. The number of halogens is 1. The summed E-state index contributed by atoms with van der Waals surface area (Å²) in [7, 11) is 0. The second-order valence-electron chi connectivity index (χ2n) is 8.30. The van der Waals surface area contributed by atoms with Crippen LogP contribution < -0.4 is 5.32 Å². The van der Waals surface area contributed by atoms with Gasteiger partial charge in [0.2, 0.25) is 5.91 Å². The van der Waals surface area contributed by atoms with Crippen LogP contribution in [-0.2, 0) is 4.79 Å². The largest absolute Gasteiger partial charge is 0.325 e. The number of aryl methyl sites for hydroxylation is 1. The second kappa shape index (κ2) is 10.9. The lowest BCUT2D eigenvalue weighted by Gasteiger charge is -2.13. The van der Waals surface area contributed by atoms with Gasteiger partial charge in [-0.3, -0.25) is 9.36 Å². The number of carbonyl (C=O) groups excluding carboxylic acids is 1. The number of thioether (sulfide) groups is 1. The van der Waals surface area contributed by atoms with E-state index in [4.69, 9.17) is 16.6 Å². The molecule has 0 saturated carbocycles. The third-order valence-corrected chi connectivity index (χ3v) is 7.09. The summed E-state index contributed by atoms with van der Waals surface area (Å²) in [5.41, 5.74) is 6.57. The molecule has 1 aromatic heterocycles. The highest BCUT2D eigenvalue weighted by Crippen LogP contribution is 2.38. The molecule has 0 aliphatic rings. The lowest BCUT2D eigenvalue weighted by Crippen LogP contribution is -2.14. The molecule has 178 valence electrons. The quantitative estimate of drug-likeness (QED) is 0.227. The lowest BCUT2D eigenvalue weighted by atomic mass is 10.0. The van der Waals surface area contributed by atoms with Crippen molar-refractivity contribution < 1.29 is 4.79 Å². The fourth-order valence-electron chi connectivity index (χ4n) is 3.97. The van der Waals surface area contributed by atoms with Gasteiger partial charge in [0.1, 0.15) is 0 Å². The second-order valence-corrected chi connectivity index (χ2v) is 9.65. The zero-order valence-corrected chi connectivity index (χ0v) is 21.3. The molecule has 0 unspecified atom stereocenters. The number of benzene rings is 4. The van der Waals surface area contributed by atoms with Crippen LogP contribution in [-0.4, -0.2) is 21.2 Å². The molecule has 4 aromatic carbocycles. The van der Waals surface area contributed by atoms with Gasteiger partial charge in [-0.25, -0.2) is 4.98 Å². The number of imidazole rings is 1. The summed E-state index contributed by atoms with van der Waals surface area (Å²) in [5, 5.41) is 4.31. The third-order valence-electron chi connectivity index (χ3n) is 5.74. The molecule has 5 aromatic rings. The number of rotatable bonds is 7. The number of aromatic nitrogens is 2. The molecule has 0 saturated heterocycles. The number of para-hydroxylation sites is 1. The summed E-state index contributed by atoms with van der Waals surface area (Å²) in [4.78, 5) is 17.9. The molecule has 36 heavy (non-hydrogen) atoms. The van der Waals surface area contributed by atoms with Crippen molar-refractivity contribution in [3.63, 3.8) is 0 Å². The van der Waals surface area contributed by atoms with Gasteiger partial charge >= 0.3 is 0 Å². The number of hydrogen-bond acceptors (Lipinski definition) is 3. The van der Waals surface area contributed by atoms with Gasteiger partial charge in [-0.15, -0.1) is 0 Å². The fraction of sp³-hybridized carbons (Fsp3) is 0.0667. The monoisotopic (exact) mass is 509 g/mol. The lowest BCUT2D eigenvalue weighted by molar-refractivity contribution is -0.113. The number of hydrogen-bond donors (Lipinski definition) is 1. The van der Waals surface area contributed by atoms with Gasteiger partial charge in [0, 0.05) is 27.5 Å². The Kier molecular flexibility index (Phi) is 7.21. The van der Waals surface area contributed by atoms with Crippen LogP contribution >= 0.6 is 23.4 Å². The van der Waals surface area contributed by atoms with Crippen LogP contribution in [0.15, 0.2) is 114 Å². The maximum absolute atomic E-state index is 12.8. The van der Waals surface area contributed by atoms with E-state index in [9.17, 15) is 4.79 Å². The normalized spacial score (nSPS) is 10.8. The molecule has 0 bridgehead atoms. The molecule has 1 N–H and O–H groups in total. The van der Waals surface area contributed by atoms with Gasteiger partial charge in [-0.2, -0.15) is 0 Å². The number of nitrogens with zero attached hydrogens (tertiary/aromatic N) is 2. The van der Waals surface area contributed by atoms with Crippen LogP contribution in [0.3, 0.4) is 0 Å². The van der Waals surface area contributed by atoms with Crippen molar-refractivity contribution in [1.29, 1.82) is 0 Å². The van der Waals surface area contributed by atoms with Gasteiger partial charge in [0.05, 0.1) is 17.1 Å². The standard InChI is InChI=1S/C30H24ClN3OS/c1-21-17-18-24(19-26(21)31)32-27(35)20-36-30-33-28(22-11-5-2-6-12-22)29(23-13-7-3-8-14-23)34(30)25-15-9-4-10-16-25/h2-19H,20H2,1H3,(H,32,35). The van der Waals surface area contributed by atoms with Crippen LogP contribution in [0.25, 0.3) is 28.2 Å². The molecule has 0 radical (unpaired) electrons. The minimum Gasteiger partial charge on any atom is -0.325 e. The number of amides is 1. The van der Waals surface area contributed by atoms with E-state index in [1.54, 1.807) is 6.07 Å². The molecule has 0 spiro atoms. The van der Waals surface area contributed by atoms with Gasteiger partial charge in [0.25, 0.3) is 0 Å². The van der Waals surface area contributed by atoms with Crippen molar-refractivity contribution in [2.75, 3.05) is 11.1 Å². The maximum atomic E-state index is 12.8. The van der Waals surface area contributed by atoms with E-state index in [1.807, 2.05) is 73.7 Å². The fourth-order valence-corrected chi connectivity index (χ4v) is 4.97. The molecule has 1 heterocycles. The molecule has 5 rings (SSSR count). The molecule has 0 atom stereocenters. The minimum atomic E-state index is -0.120. The third kappa shape index (κ3) is 5.23. The van der Waals surface area contributed by atoms with E-state index in [1.165, 1.54) is 11.8 Å². The highest BCUT2D eigenvalue weighted by Gasteiger charge is 2.22. The SMILES string of the molecule is Cc1ccc(NC(=O)CSc2nc(-c3ccccc3)c(-c3ccccc3)n2-c2ccccc2)cc1Cl. The molecule has 0 aliphatic carbocycles. The van der Waals surface area contributed by atoms with E-state index in [-0.39, 0.29) is 11.7 Å². The van der Waals surface area contributed by atoms with E-state index in [0.29, 0.717) is 10.7 Å². The zero-order chi connectivity index (χ0) is 24.9. The molecule has 1 amide bonds. The molecule has 6 heteroatoms. The summed E-state index contributed by atoms with van der Waals surface area (Å²) in [6, 6.07) is 36.0. The summed E-state index contributed by atoms with van der Waals surface area (Å²) < 4.78 is 2.14.